The Bertz CT molecular complexity index is 268. The first-order valence-corrected chi connectivity index (χ1v) is 5.71. The molecule has 0 aromatic heterocycles. The van der Waals surface area contributed by atoms with Crippen LogP contribution >= 0.6 is 0 Å². The summed E-state index contributed by atoms with van der Waals surface area (Å²) < 4.78 is 0. The molecule has 0 aromatic carbocycles. The van der Waals surface area contributed by atoms with E-state index in [9.17, 15) is 9.59 Å². The first-order valence-electron chi connectivity index (χ1n) is 5.71. The smallest absolute Gasteiger partial charge is 0.317 e. The molecular formula is C11H20N2O3. The van der Waals surface area contributed by atoms with E-state index in [0.717, 1.165) is 25.7 Å². The molecule has 1 aliphatic carbocycles. The van der Waals surface area contributed by atoms with Crippen molar-refractivity contribution in [3.63, 3.8) is 0 Å². The SMILES string of the molecule is CC(=O)N(C)[C@H]1CCCC[C@@H]1NCC(=O)O. The predicted octanol–water partition coefficient (Wildman–Crippen LogP) is 0.450. The summed E-state index contributed by atoms with van der Waals surface area (Å²) in [6, 6.07) is 0.240. The van der Waals surface area contributed by atoms with Crippen LogP contribution in [0.3, 0.4) is 0 Å². The molecule has 5 nitrogen and oxygen atoms in total. The van der Waals surface area contributed by atoms with Crippen LogP contribution in [-0.4, -0.2) is 47.6 Å². The van der Waals surface area contributed by atoms with E-state index in [-0.39, 0.29) is 24.5 Å². The maximum Gasteiger partial charge on any atom is 0.317 e. The van der Waals surface area contributed by atoms with Gasteiger partial charge in [0.1, 0.15) is 0 Å². The maximum absolute atomic E-state index is 11.3. The standard InChI is InChI=1S/C11H20N2O3/c1-8(14)13(2)10-6-4-3-5-9(10)12-7-11(15)16/h9-10,12H,3-7H2,1-2H3,(H,15,16)/t9-,10-/m0/s1. The van der Waals surface area contributed by atoms with Gasteiger partial charge in [-0.1, -0.05) is 12.8 Å². The van der Waals surface area contributed by atoms with Crippen LogP contribution in [0.4, 0.5) is 0 Å². The van der Waals surface area contributed by atoms with Gasteiger partial charge in [-0.2, -0.15) is 0 Å². The van der Waals surface area contributed by atoms with Gasteiger partial charge in [-0.25, -0.2) is 0 Å². The molecule has 92 valence electrons. The summed E-state index contributed by atoms with van der Waals surface area (Å²) in [5.74, 6) is -0.816. The van der Waals surface area contributed by atoms with E-state index in [2.05, 4.69) is 5.32 Å². The van der Waals surface area contributed by atoms with Gasteiger partial charge in [0.15, 0.2) is 0 Å². The van der Waals surface area contributed by atoms with Crippen molar-refractivity contribution < 1.29 is 14.7 Å². The molecule has 2 atom stereocenters. The van der Waals surface area contributed by atoms with E-state index in [1.165, 1.54) is 0 Å². The summed E-state index contributed by atoms with van der Waals surface area (Å²) in [6.45, 7) is 1.51. The molecule has 2 N–H and O–H groups in total. The molecule has 0 heterocycles. The lowest BCUT2D eigenvalue weighted by Crippen LogP contribution is -2.52. The zero-order valence-corrected chi connectivity index (χ0v) is 9.90. The molecule has 1 amide bonds. The molecular weight excluding hydrogens is 208 g/mol. The quantitative estimate of drug-likeness (QED) is 0.733. The van der Waals surface area contributed by atoms with Crippen LogP contribution in [0.2, 0.25) is 0 Å². The van der Waals surface area contributed by atoms with E-state index in [1.54, 1.807) is 18.9 Å². The number of carboxylic acid groups (broad SMARTS) is 1. The molecule has 0 radical (unpaired) electrons. The van der Waals surface area contributed by atoms with Crippen LogP contribution < -0.4 is 5.32 Å². The Balaban J connectivity index is 2.56. The number of aliphatic carboxylic acids is 1. The molecule has 5 heteroatoms. The summed E-state index contributed by atoms with van der Waals surface area (Å²) in [5.41, 5.74) is 0. The largest absolute Gasteiger partial charge is 0.480 e. The lowest BCUT2D eigenvalue weighted by molar-refractivity contribution is -0.136. The second-order valence-corrected chi connectivity index (χ2v) is 4.36. The molecule has 0 bridgehead atoms. The topological polar surface area (TPSA) is 69.6 Å². The Hall–Kier alpha value is -1.10. The Kier molecular flexibility index (Phi) is 4.73. The van der Waals surface area contributed by atoms with Gasteiger partial charge < -0.3 is 15.3 Å². The molecule has 0 aliphatic heterocycles. The zero-order valence-electron chi connectivity index (χ0n) is 9.90. The third-order valence-corrected chi connectivity index (χ3v) is 3.24. The minimum atomic E-state index is -0.852. The average Bonchev–Trinajstić information content (AvgIpc) is 2.25. The Morgan fingerprint density at radius 2 is 2.00 bits per heavy atom. The van der Waals surface area contributed by atoms with Crippen LogP contribution in [0.15, 0.2) is 0 Å². The van der Waals surface area contributed by atoms with Crippen molar-refractivity contribution >= 4 is 11.9 Å². The lowest BCUT2D eigenvalue weighted by Gasteiger charge is -2.37. The van der Waals surface area contributed by atoms with Crippen LogP contribution in [0.5, 0.6) is 0 Å². The summed E-state index contributed by atoms with van der Waals surface area (Å²) in [5, 5.41) is 11.6. The molecule has 16 heavy (non-hydrogen) atoms. The van der Waals surface area contributed by atoms with E-state index in [4.69, 9.17) is 5.11 Å². The van der Waals surface area contributed by atoms with Gasteiger partial charge in [-0.05, 0) is 12.8 Å². The van der Waals surface area contributed by atoms with Crippen molar-refractivity contribution in [2.45, 2.75) is 44.7 Å². The van der Waals surface area contributed by atoms with Crippen LogP contribution in [0.1, 0.15) is 32.6 Å². The summed E-state index contributed by atoms with van der Waals surface area (Å²) in [4.78, 5) is 23.5. The second-order valence-electron chi connectivity index (χ2n) is 4.36. The lowest BCUT2D eigenvalue weighted by atomic mass is 9.89. The minimum absolute atomic E-state index is 0.0348. The minimum Gasteiger partial charge on any atom is -0.480 e. The Labute approximate surface area is 95.8 Å². The highest BCUT2D eigenvalue weighted by Crippen LogP contribution is 2.22. The molecule has 0 unspecified atom stereocenters. The normalized spacial score (nSPS) is 25.1. The maximum atomic E-state index is 11.3. The van der Waals surface area contributed by atoms with Gasteiger partial charge >= 0.3 is 5.97 Å². The fraction of sp³-hybridized carbons (Fsp3) is 0.818. The van der Waals surface area contributed by atoms with Crippen LogP contribution in [0.25, 0.3) is 0 Å². The van der Waals surface area contributed by atoms with Gasteiger partial charge in [0.2, 0.25) is 5.91 Å². The zero-order chi connectivity index (χ0) is 12.1. The van der Waals surface area contributed by atoms with Crippen molar-refractivity contribution in [3.05, 3.63) is 0 Å². The van der Waals surface area contributed by atoms with E-state index < -0.39 is 5.97 Å². The summed E-state index contributed by atoms with van der Waals surface area (Å²) >= 11 is 0. The van der Waals surface area contributed by atoms with Gasteiger partial charge in [-0.15, -0.1) is 0 Å². The number of amides is 1. The summed E-state index contributed by atoms with van der Waals surface area (Å²) in [6.07, 6.45) is 4.09. The van der Waals surface area contributed by atoms with Crippen LogP contribution in [-0.2, 0) is 9.59 Å². The fourth-order valence-corrected chi connectivity index (χ4v) is 2.26. The number of carbonyl (C=O) groups excluding carboxylic acids is 1. The first-order chi connectivity index (χ1) is 7.52. The monoisotopic (exact) mass is 228 g/mol. The molecule has 1 aliphatic rings. The molecule has 0 saturated heterocycles. The van der Waals surface area contributed by atoms with Gasteiger partial charge in [0, 0.05) is 26.1 Å². The highest BCUT2D eigenvalue weighted by Gasteiger charge is 2.29. The Morgan fingerprint density at radius 1 is 1.38 bits per heavy atom. The first kappa shape index (κ1) is 13.0. The highest BCUT2D eigenvalue weighted by atomic mass is 16.4. The predicted molar refractivity (Wildman–Crippen MR) is 60.1 cm³/mol. The van der Waals surface area contributed by atoms with Crippen molar-refractivity contribution in [2.24, 2.45) is 0 Å². The van der Waals surface area contributed by atoms with Gasteiger partial charge in [0.05, 0.1) is 6.54 Å². The molecule has 0 aromatic rings. The average molecular weight is 228 g/mol. The van der Waals surface area contributed by atoms with E-state index in [0.29, 0.717) is 0 Å². The van der Waals surface area contributed by atoms with Crippen LogP contribution in [0, 0.1) is 0 Å². The fourth-order valence-electron chi connectivity index (χ4n) is 2.26. The van der Waals surface area contributed by atoms with Crippen molar-refractivity contribution in [1.82, 2.24) is 10.2 Å². The molecule has 1 saturated carbocycles. The van der Waals surface area contributed by atoms with Gasteiger partial charge in [0.25, 0.3) is 0 Å². The number of nitrogens with one attached hydrogen (secondary N) is 1. The van der Waals surface area contributed by atoms with E-state index in [1.807, 2.05) is 0 Å². The summed E-state index contributed by atoms with van der Waals surface area (Å²) in [7, 11) is 1.79. The number of carbonyl (C=O) groups is 2. The number of likely N-dealkylation sites (N-methyl/N-ethyl adjacent to an activating group) is 1. The van der Waals surface area contributed by atoms with Crippen molar-refractivity contribution in [2.75, 3.05) is 13.6 Å². The third kappa shape index (κ3) is 3.48. The second kappa shape index (κ2) is 5.84. The number of hydrogen-bond donors (Lipinski definition) is 2. The van der Waals surface area contributed by atoms with Crippen molar-refractivity contribution in [3.8, 4) is 0 Å². The third-order valence-electron chi connectivity index (χ3n) is 3.24. The number of carboxylic acids is 1. The molecule has 0 spiro atoms. The van der Waals surface area contributed by atoms with Gasteiger partial charge in [-0.3, -0.25) is 9.59 Å². The highest BCUT2D eigenvalue weighted by molar-refractivity contribution is 5.73. The number of hydrogen-bond acceptors (Lipinski definition) is 3. The molecule has 1 fully saturated rings. The Morgan fingerprint density at radius 3 is 2.56 bits per heavy atom. The molecule has 1 rings (SSSR count). The van der Waals surface area contributed by atoms with Crippen molar-refractivity contribution in [1.29, 1.82) is 0 Å². The van der Waals surface area contributed by atoms with E-state index >= 15 is 0 Å². The number of nitrogens with zero attached hydrogens (tertiary/aromatic N) is 1. The number of rotatable bonds is 4.